The Bertz CT molecular complexity index is 229. The second kappa shape index (κ2) is 4.74. The van der Waals surface area contributed by atoms with E-state index in [1.807, 2.05) is 0 Å². The molecular weight excluding hydrogens is 180 g/mol. The summed E-state index contributed by atoms with van der Waals surface area (Å²) < 4.78 is 0. The fourth-order valence-corrected chi connectivity index (χ4v) is 2.15. The summed E-state index contributed by atoms with van der Waals surface area (Å²) in [5.74, 6) is 0.926. The Hall–Kier alpha value is -0.380. The van der Waals surface area contributed by atoms with Gasteiger partial charge in [0.05, 0.1) is 0 Å². The molecule has 13 heavy (non-hydrogen) atoms. The number of hydrogen-bond acceptors (Lipinski definition) is 3. The van der Waals surface area contributed by atoms with Gasteiger partial charge in [0.25, 0.3) is 0 Å². The summed E-state index contributed by atoms with van der Waals surface area (Å²) in [6, 6.07) is 2.18. The van der Waals surface area contributed by atoms with E-state index in [0.29, 0.717) is 0 Å². The minimum absolute atomic E-state index is 0.926. The second-order valence-corrected chi connectivity index (χ2v) is 4.40. The van der Waals surface area contributed by atoms with Crippen molar-refractivity contribution >= 4 is 11.3 Å². The summed E-state index contributed by atoms with van der Waals surface area (Å²) in [5.41, 5.74) is 1.41. The summed E-state index contributed by atoms with van der Waals surface area (Å²) in [7, 11) is 0. The molecule has 2 heterocycles. The summed E-state index contributed by atoms with van der Waals surface area (Å²) in [4.78, 5) is 0. The number of nitrogens with one attached hydrogen (secondary N) is 2. The van der Waals surface area contributed by atoms with Crippen LogP contribution in [0.5, 0.6) is 0 Å². The average molecular weight is 196 g/mol. The van der Waals surface area contributed by atoms with Crippen LogP contribution < -0.4 is 10.6 Å². The van der Waals surface area contributed by atoms with Crippen LogP contribution in [0, 0.1) is 5.92 Å². The second-order valence-electron chi connectivity index (χ2n) is 3.62. The van der Waals surface area contributed by atoms with Crippen molar-refractivity contribution in [2.75, 3.05) is 19.6 Å². The van der Waals surface area contributed by atoms with Gasteiger partial charge in [-0.25, -0.2) is 0 Å². The minimum atomic E-state index is 0.926. The predicted molar refractivity (Wildman–Crippen MR) is 57.0 cm³/mol. The maximum Gasteiger partial charge on any atom is 0.0213 e. The zero-order chi connectivity index (χ0) is 8.93. The lowest BCUT2D eigenvalue weighted by Gasteiger charge is -2.26. The quantitative estimate of drug-likeness (QED) is 0.697. The van der Waals surface area contributed by atoms with Gasteiger partial charge >= 0.3 is 0 Å². The third-order valence-electron chi connectivity index (χ3n) is 2.50. The average Bonchev–Trinajstić information content (AvgIpc) is 2.53. The third kappa shape index (κ3) is 2.79. The Labute approximate surface area is 83.4 Å². The van der Waals surface area contributed by atoms with Crippen LogP contribution in [0.4, 0.5) is 0 Å². The smallest absolute Gasteiger partial charge is 0.0213 e. The molecule has 0 spiro atoms. The maximum absolute atomic E-state index is 3.47. The van der Waals surface area contributed by atoms with E-state index in [9.17, 15) is 0 Å². The SMILES string of the molecule is c1cc(CNCCC2CNC2)cs1. The van der Waals surface area contributed by atoms with Crippen LogP contribution in [0.2, 0.25) is 0 Å². The molecule has 1 aromatic rings. The van der Waals surface area contributed by atoms with Crippen molar-refractivity contribution in [1.82, 2.24) is 10.6 Å². The summed E-state index contributed by atoms with van der Waals surface area (Å²) in [6.07, 6.45) is 1.32. The molecule has 0 bridgehead atoms. The van der Waals surface area contributed by atoms with E-state index in [1.165, 1.54) is 25.1 Å². The van der Waals surface area contributed by atoms with Crippen molar-refractivity contribution in [2.45, 2.75) is 13.0 Å². The summed E-state index contributed by atoms with van der Waals surface area (Å²) in [5, 5.41) is 11.1. The number of thiophene rings is 1. The van der Waals surface area contributed by atoms with Crippen LogP contribution in [0.1, 0.15) is 12.0 Å². The first-order valence-electron chi connectivity index (χ1n) is 4.87. The molecule has 1 fully saturated rings. The molecule has 0 aromatic carbocycles. The molecule has 0 aliphatic carbocycles. The molecule has 2 N–H and O–H groups in total. The molecule has 72 valence electrons. The van der Waals surface area contributed by atoms with Crippen LogP contribution in [0.3, 0.4) is 0 Å². The molecule has 1 aliphatic rings. The van der Waals surface area contributed by atoms with Crippen LogP contribution in [0.25, 0.3) is 0 Å². The number of hydrogen-bond donors (Lipinski definition) is 2. The van der Waals surface area contributed by atoms with Crippen LogP contribution >= 0.6 is 11.3 Å². The van der Waals surface area contributed by atoms with Crippen LogP contribution in [-0.4, -0.2) is 19.6 Å². The zero-order valence-corrected chi connectivity index (χ0v) is 8.57. The topological polar surface area (TPSA) is 24.1 Å². The normalized spacial score (nSPS) is 17.2. The Kier molecular flexibility index (Phi) is 3.35. The highest BCUT2D eigenvalue weighted by Crippen LogP contribution is 2.08. The highest BCUT2D eigenvalue weighted by molar-refractivity contribution is 7.07. The van der Waals surface area contributed by atoms with Gasteiger partial charge in [-0.1, -0.05) is 0 Å². The first-order chi connectivity index (χ1) is 6.45. The third-order valence-corrected chi connectivity index (χ3v) is 3.24. The van der Waals surface area contributed by atoms with Crippen molar-refractivity contribution in [3.05, 3.63) is 22.4 Å². The molecule has 1 aromatic heterocycles. The Morgan fingerprint density at radius 1 is 1.54 bits per heavy atom. The molecular formula is C10H16N2S. The van der Waals surface area contributed by atoms with Crippen molar-refractivity contribution in [1.29, 1.82) is 0 Å². The molecule has 0 amide bonds. The van der Waals surface area contributed by atoms with Crippen molar-refractivity contribution in [3.63, 3.8) is 0 Å². The van der Waals surface area contributed by atoms with Crippen molar-refractivity contribution in [3.8, 4) is 0 Å². The zero-order valence-electron chi connectivity index (χ0n) is 7.75. The van der Waals surface area contributed by atoms with E-state index in [0.717, 1.165) is 19.0 Å². The van der Waals surface area contributed by atoms with Gasteiger partial charge in [0.2, 0.25) is 0 Å². The van der Waals surface area contributed by atoms with E-state index in [2.05, 4.69) is 27.5 Å². The van der Waals surface area contributed by atoms with Gasteiger partial charge < -0.3 is 10.6 Å². The highest BCUT2D eigenvalue weighted by Gasteiger charge is 2.15. The van der Waals surface area contributed by atoms with Crippen LogP contribution in [-0.2, 0) is 6.54 Å². The van der Waals surface area contributed by atoms with Gasteiger partial charge in [0.1, 0.15) is 0 Å². The largest absolute Gasteiger partial charge is 0.316 e. The lowest BCUT2D eigenvalue weighted by molar-refractivity contribution is 0.322. The molecule has 0 radical (unpaired) electrons. The monoisotopic (exact) mass is 196 g/mol. The van der Waals surface area contributed by atoms with E-state index in [-0.39, 0.29) is 0 Å². The van der Waals surface area contributed by atoms with Crippen molar-refractivity contribution in [2.24, 2.45) is 5.92 Å². The van der Waals surface area contributed by atoms with E-state index >= 15 is 0 Å². The van der Waals surface area contributed by atoms with Gasteiger partial charge in [-0.05, 0) is 54.4 Å². The molecule has 2 rings (SSSR count). The fraction of sp³-hybridized carbons (Fsp3) is 0.600. The molecule has 1 saturated heterocycles. The number of rotatable bonds is 5. The van der Waals surface area contributed by atoms with Gasteiger partial charge in [-0.15, -0.1) is 0 Å². The Morgan fingerprint density at radius 2 is 2.46 bits per heavy atom. The van der Waals surface area contributed by atoms with E-state index < -0.39 is 0 Å². The molecule has 3 heteroatoms. The van der Waals surface area contributed by atoms with Gasteiger partial charge in [0, 0.05) is 6.54 Å². The molecule has 1 aliphatic heterocycles. The lowest BCUT2D eigenvalue weighted by atomic mass is 10.00. The molecule has 0 atom stereocenters. The first kappa shape index (κ1) is 9.19. The Morgan fingerprint density at radius 3 is 3.08 bits per heavy atom. The fourth-order valence-electron chi connectivity index (χ4n) is 1.48. The van der Waals surface area contributed by atoms with Gasteiger partial charge in [0.15, 0.2) is 0 Å². The first-order valence-corrected chi connectivity index (χ1v) is 5.82. The summed E-state index contributed by atoms with van der Waals surface area (Å²) >= 11 is 1.77. The lowest BCUT2D eigenvalue weighted by Crippen LogP contribution is -2.43. The van der Waals surface area contributed by atoms with E-state index in [1.54, 1.807) is 11.3 Å². The van der Waals surface area contributed by atoms with Gasteiger partial charge in [-0.3, -0.25) is 0 Å². The molecule has 0 unspecified atom stereocenters. The van der Waals surface area contributed by atoms with E-state index in [4.69, 9.17) is 0 Å². The van der Waals surface area contributed by atoms with Gasteiger partial charge in [-0.2, -0.15) is 11.3 Å². The standard InChI is InChI=1S/C10H16N2S/c1(9-5-12-6-9)3-11-7-10-2-4-13-8-10/h2,4,8-9,11-12H,1,3,5-7H2. The Balaban J connectivity index is 1.53. The molecule has 2 nitrogen and oxygen atoms in total. The van der Waals surface area contributed by atoms with Crippen LogP contribution in [0.15, 0.2) is 16.8 Å². The van der Waals surface area contributed by atoms with Crippen molar-refractivity contribution < 1.29 is 0 Å². The minimum Gasteiger partial charge on any atom is -0.316 e. The maximum atomic E-state index is 3.47. The summed E-state index contributed by atoms with van der Waals surface area (Å²) in [6.45, 7) is 4.63. The molecule has 0 saturated carbocycles. The predicted octanol–water partition coefficient (Wildman–Crippen LogP) is 1.45. The highest BCUT2D eigenvalue weighted by atomic mass is 32.1.